The van der Waals surface area contributed by atoms with Gasteiger partial charge in [-0.05, 0) is 54.4 Å². The molecule has 2 heterocycles. The summed E-state index contributed by atoms with van der Waals surface area (Å²) in [7, 11) is 0. The van der Waals surface area contributed by atoms with Gasteiger partial charge in [-0.25, -0.2) is 4.98 Å². The van der Waals surface area contributed by atoms with Crippen molar-refractivity contribution < 1.29 is 22.7 Å². The van der Waals surface area contributed by atoms with Gasteiger partial charge in [0.2, 0.25) is 0 Å². The van der Waals surface area contributed by atoms with Gasteiger partial charge in [0, 0.05) is 37.7 Å². The number of carbonyl (C=O) groups excluding carboxylic acids is 1. The Hall–Kier alpha value is -3.30. The van der Waals surface area contributed by atoms with Crippen LogP contribution in [0.25, 0.3) is 0 Å². The first-order chi connectivity index (χ1) is 17.3. The number of ether oxygens (including phenoxy) is 1. The highest BCUT2D eigenvalue weighted by molar-refractivity contribution is 6.30. The minimum atomic E-state index is -4.36. The Morgan fingerprint density at radius 3 is 2.50 bits per heavy atom. The predicted octanol–water partition coefficient (Wildman–Crippen LogP) is 5.48. The topological polar surface area (TPSA) is 57.7 Å². The SMILES string of the molecule is O=C(COc1ccc(Cl)cc1)Nc1ccc(N2CCCN(Cc3ccccc3C(F)(F)F)CC2)nc1. The number of hydrogen-bond donors (Lipinski definition) is 1. The van der Waals surface area contributed by atoms with Gasteiger partial charge in [0.05, 0.1) is 17.4 Å². The molecule has 0 saturated carbocycles. The third kappa shape index (κ3) is 7.11. The fraction of sp³-hybridized carbons (Fsp3) is 0.308. The van der Waals surface area contributed by atoms with Gasteiger partial charge in [0.15, 0.2) is 6.61 Å². The molecule has 0 atom stereocenters. The van der Waals surface area contributed by atoms with Crippen LogP contribution in [0, 0.1) is 0 Å². The van der Waals surface area contributed by atoms with Crippen LogP contribution in [0.4, 0.5) is 24.7 Å². The molecule has 1 aliphatic rings. The highest BCUT2D eigenvalue weighted by Gasteiger charge is 2.33. The molecule has 0 unspecified atom stereocenters. The molecule has 1 aliphatic heterocycles. The number of carbonyl (C=O) groups is 1. The molecule has 0 aliphatic carbocycles. The number of aromatic nitrogens is 1. The average Bonchev–Trinajstić information content (AvgIpc) is 3.09. The molecule has 2 aromatic carbocycles. The number of rotatable bonds is 7. The van der Waals surface area contributed by atoms with E-state index >= 15 is 0 Å². The van der Waals surface area contributed by atoms with E-state index in [4.69, 9.17) is 16.3 Å². The number of halogens is 4. The second-order valence-electron chi connectivity index (χ2n) is 8.47. The lowest BCUT2D eigenvalue weighted by molar-refractivity contribution is -0.138. The van der Waals surface area contributed by atoms with Crippen molar-refractivity contribution in [3.05, 3.63) is 83.0 Å². The van der Waals surface area contributed by atoms with Crippen LogP contribution >= 0.6 is 11.6 Å². The van der Waals surface area contributed by atoms with Gasteiger partial charge in [-0.3, -0.25) is 9.69 Å². The second kappa shape index (κ2) is 11.6. The first-order valence-corrected chi connectivity index (χ1v) is 11.9. The lowest BCUT2D eigenvalue weighted by atomic mass is 10.1. The molecular weight excluding hydrogens is 493 g/mol. The summed E-state index contributed by atoms with van der Waals surface area (Å²) in [5.41, 5.74) is 0.254. The van der Waals surface area contributed by atoms with E-state index in [1.54, 1.807) is 48.7 Å². The summed E-state index contributed by atoms with van der Waals surface area (Å²) in [5, 5.41) is 3.33. The fourth-order valence-corrected chi connectivity index (χ4v) is 4.18. The minimum Gasteiger partial charge on any atom is -0.484 e. The zero-order chi connectivity index (χ0) is 25.5. The number of anilines is 2. The average molecular weight is 519 g/mol. The van der Waals surface area contributed by atoms with Gasteiger partial charge in [0.25, 0.3) is 5.91 Å². The van der Waals surface area contributed by atoms with Crippen molar-refractivity contribution in [3.8, 4) is 5.75 Å². The molecule has 36 heavy (non-hydrogen) atoms. The molecule has 6 nitrogen and oxygen atoms in total. The summed E-state index contributed by atoms with van der Waals surface area (Å²) in [6, 6.07) is 16.1. The van der Waals surface area contributed by atoms with E-state index in [1.807, 2.05) is 11.0 Å². The number of hydrogen-bond acceptors (Lipinski definition) is 5. The van der Waals surface area contributed by atoms with Crippen LogP contribution in [0.15, 0.2) is 66.9 Å². The first-order valence-electron chi connectivity index (χ1n) is 11.5. The van der Waals surface area contributed by atoms with E-state index in [9.17, 15) is 18.0 Å². The third-order valence-corrected chi connectivity index (χ3v) is 6.10. The molecule has 0 radical (unpaired) electrons. The Balaban J connectivity index is 1.28. The van der Waals surface area contributed by atoms with Gasteiger partial charge in [-0.15, -0.1) is 0 Å². The Bertz CT molecular complexity index is 1160. The summed E-state index contributed by atoms with van der Waals surface area (Å²) < 4.78 is 45.5. The molecule has 190 valence electrons. The molecule has 4 rings (SSSR count). The van der Waals surface area contributed by atoms with Crippen LogP contribution in [-0.2, 0) is 17.5 Å². The van der Waals surface area contributed by atoms with Gasteiger partial charge < -0.3 is 15.0 Å². The summed E-state index contributed by atoms with van der Waals surface area (Å²) in [4.78, 5) is 20.8. The fourth-order valence-electron chi connectivity index (χ4n) is 4.06. The molecule has 10 heteroatoms. The number of alkyl halides is 3. The Morgan fingerprint density at radius 2 is 1.78 bits per heavy atom. The minimum absolute atomic E-state index is 0.150. The Labute approximate surface area is 212 Å². The number of amides is 1. The van der Waals surface area contributed by atoms with Crippen molar-refractivity contribution >= 4 is 29.0 Å². The lowest BCUT2D eigenvalue weighted by Crippen LogP contribution is -2.31. The Kier molecular flexibility index (Phi) is 8.32. The number of nitrogens with one attached hydrogen (secondary N) is 1. The van der Waals surface area contributed by atoms with Crippen LogP contribution in [0.3, 0.4) is 0 Å². The van der Waals surface area contributed by atoms with E-state index < -0.39 is 11.7 Å². The largest absolute Gasteiger partial charge is 0.484 e. The monoisotopic (exact) mass is 518 g/mol. The van der Waals surface area contributed by atoms with E-state index in [0.29, 0.717) is 36.1 Å². The maximum absolute atomic E-state index is 13.3. The van der Waals surface area contributed by atoms with Crippen LogP contribution < -0.4 is 15.0 Å². The van der Waals surface area contributed by atoms with Crippen LogP contribution in [0.1, 0.15) is 17.5 Å². The van der Waals surface area contributed by atoms with Crippen LogP contribution in [0.5, 0.6) is 5.75 Å². The van der Waals surface area contributed by atoms with E-state index in [0.717, 1.165) is 24.8 Å². The van der Waals surface area contributed by atoms with E-state index in [2.05, 4.69) is 15.2 Å². The van der Waals surface area contributed by atoms with Crippen LogP contribution in [0.2, 0.25) is 5.02 Å². The van der Waals surface area contributed by atoms with E-state index in [-0.39, 0.29) is 24.6 Å². The number of pyridine rings is 1. The van der Waals surface area contributed by atoms with Crippen molar-refractivity contribution in [2.45, 2.75) is 19.1 Å². The molecule has 1 saturated heterocycles. The van der Waals surface area contributed by atoms with Crippen molar-refractivity contribution in [1.29, 1.82) is 0 Å². The highest BCUT2D eigenvalue weighted by Crippen LogP contribution is 2.32. The van der Waals surface area contributed by atoms with Gasteiger partial charge in [0.1, 0.15) is 11.6 Å². The van der Waals surface area contributed by atoms with Crippen molar-refractivity contribution in [1.82, 2.24) is 9.88 Å². The molecule has 0 bridgehead atoms. The summed E-state index contributed by atoms with van der Waals surface area (Å²) in [5.74, 6) is 0.979. The maximum Gasteiger partial charge on any atom is 0.416 e. The second-order valence-corrected chi connectivity index (χ2v) is 8.90. The van der Waals surface area contributed by atoms with Crippen molar-refractivity contribution in [2.24, 2.45) is 0 Å². The van der Waals surface area contributed by atoms with Crippen LogP contribution in [-0.4, -0.2) is 48.6 Å². The zero-order valence-corrected chi connectivity index (χ0v) is 20.2. The molecule has 1 amide bonds. The molecular formula is C26H26ClF3N4O2. The maximum atomic E-state index is 13.3. The number of benzene rings is 2. The van der Waals surface area contributed by atoms with Gasteiger partial charge in [-0.2, -0.15) is 13.2 Å². The number of nitrogens with zero attached hydrogens (tertiary/aromatic N) is 3. The first kappa shape index (κ1) is 25.8. The molecule has 1 N–H and O–H groups in total. The van der Waals surface area contributed by atoms with Gasteiger partial charge in [-0.1, -0.05) is 29.8 Å². The van der Waals surface area contributed by atoms with E-state index in [1.165, 1.54) is 6.07 Å². The molecule has 1 aromatic heterocycles. The molecule has 3 aromatic rings. The summed E-state index contributed by atoms with van der Waals surface area (Å²) in [6.07, 6.45) is -1.98. The summed E-state index contributed by atoms with van der Waals surface area (Å²) >= 11 is 5.84. The normalized spacial score (nSPS) is 14.8. The molecule has 1 fully saturated rings. The summed E-state index contributed by atoms with van der Waals surface area (Å²) in [6.45, 7) is 2.80. The lowest BCUT2D eigenvalue weighted by Gasteiger charge is -2.24. The molecule has 0 spiro atoms. The smallest absolute Gasteiger partial charge is 0.416 e. The highest BCUT2D eigenvalue weighted by atomic mass is 35.5. The van der Waals surface area contributed by atoms with Gasteiger partial charge >= 0.3 is 6.18 Å². The zero-order valence-electron chi connectivity index (χ0n) is 19.5. The standard InChI is InChI=1S/C26H26ClF3N4O2/c27-20-6-9-22(10-7-20)36-18-25(35)32-21-8-11-24(31-16-21)34-13-3-12-33(14-15-34)17-19-4-1-2-5-23(19)26(28,29)30/h1-2,4-11,16H,3,12-15,17-18H2,(H,32,35). The van der Waals surface area contributed by atoms with Crippen molar-refractivity contribution in [2.75, 3.05) is 43.0 Å². The van der Waals surface area contributed by atoms with Crippen molar-refractivity contribution in [3.63, 3.8) is 0 Å². The quantitative estimate of drug-likeness (QED) is 0.448. The third-order valence-electron chi connectivity index (χ3n) is 5.84. The predicted molar refractivity (Wildman–Crippen MR) is 133 cm³/mol. The Morgan fingerprint density at radius 1 is 1.00 bits per heavy atom.